The van der Waals surface area contributed by atoms with E-state index in [1.54, 1.807) is 4.68 Å². The number of hydrogen-bond donors (Lipinski definition) is 1. The first-order chi connectivity index (χ1) is 9.16. The van der Waals surface area contributed by atoms with E-state index in [1.807, 2.05) is 0 Å². The molecule has 1 heterocycles. The first kappa shape index (κ1) is 12.9. The molecule has 0 aliphatic rings. The lowest BCUT2D eigenvalue weighted by Gasteiger charge is -2.06. The fourth-order valence-electron chi connectivity index (χ4n) is 1.51. The zero-order valence-electron chi connectivity index (χ0n) is 9.86. The average Bonchev–Trinajstić information content (AvgIpc) is 2.89. The van der Waals surface area contributed by atoms with Crippen LogP contribution in [0.1, 0.15) is 6.42 Å². The number of anilines is 1. The molecule has 0 fully saturated rings. The maximum atomic E-state index is 13.5. The van der Waals surface area contributed by atoms with E-state index >= 15 is 0 Å². The smallest absolute Gasteiger partial charge is 0.272 e. The molecule has 0 aliphatic heterocycles. The van der Waals surface area contributed by atoms with Gasteiger partial charge in [-0.05, 0) is 22.9 Å². The van der Waals surface area contributed by atoms with Gasteiger partial charge in [0.2, 0.25) is 0 Å². The lowest BCUT2D eigenvalue weighted by atomic mass is 10.2. The maximum absolute atomic E-state index is 13.5. The van der Waals surface area contributed by atoms with Gasteiger partial charge in [-0.3, -0.25) is 10.1 Å². The summed E-state index contributed by atoms with van der Waals surface area (Å²) in [5.74, 6) is -0.642. The molecular formula is C10H11FN6O2. The summed E-state index contributed by atoms with van der Waals surface area (Å²) in [6, 6.07) is 3.50. The van der Waals surface area contributed by atoms with E-state index < -0.39 is 10.7 Å². The van der Waals surface area contributed by atoms with Gasteiger partial charge in [-0.2, -0.15) is 0 Å². The third-order valence-corrected chi connectivity index (χ3v) is 2.43. The van der Waals surface area contributed by atoms with Crippen LogP contribution in [0.15, 0.2) is 24.5 Å². The second kappa shape index (κ2) is 5.85. The minimum atomic E-state index is -0.642. The molecule has 0 saturated carbocycles. The topological polar surface area (TPSA) is 98.8 Å². The van der Waals surface area contributed by atoms with Crippen molar-refractivity contribution in [2.24, 2.45) is 0 Å². The quantitative estimate of drug-likeness (QED) is 0.479. The number of non-ortho nitro benzene ring substituents is 1. The van der Waals surface area contributed by atoms with Crippen molar-refractivity contribution in [3.8, 4) is 0 Å². The number of halogens is 1. The Balaban J connectivity index is 1.84. The minimum absolute atomic E-state index is 0.238. The van der Waals surface area contributed by atoms with Crippen LogP contribution in [0, 0.1) is 15.9 Å². The number of nitrogens with one attached hydrogen (secondary N) is 1. The lowest BCUT2D eigenvalue weighted by molar-refractivity contribution is -0.385. The molecule has 0 saturated heterocycles. The number of nitro benzene ring substituents is 1. The first-order valence-corrected chi connectivity index (χ1v) is 5.55. The number of rotatable bonds is 6. The van der Waals surface area contributed by atoms with Gasteiger partial charge < -0.3 is 5.32 Å². The first-order valence-electron chi connectivity index (χ1n) is 5.55. The molecular weight excluding hydrogens is 255 g/mol. The maximum Gasteiger partial charge on any atom is 0.272 e. The standard InChI is InChI=1S/C10H11FN6O2/c11-9-6-8(17(18)19)2-3-10(9)12-4-1-5-16-7-13-14-15-16/h2-3,6-7,12H,1,4-5H2. The Hall–Kier alpha value is -2.58. The zero-order valence-corrected chi connectivity index (χ0v) is 9.86. The molecule has 2 rings (SSSR count). The van der Waals surface area contributed by atoms with Crippen molar-refractivity contribution in [1.82, 2.24) is 20.2 Å². The summed E-state index contributed by atoms with van der Waals surface area (Å²) >= 11 is 0. The van der Waals surface area contributed by atoms with Crippen LogP contribution < -0.4 is 5.32 Å². The van der Waals surface area contributed by atoms with Crippen LogP contribution in [0.3, 0.4) is 0 Å². The van der Waals surface area contributed by atoms with Crippen LogP contribution in [0.5, 0.6) is 0 Å². The van der Waals surface area contributed by atoms with Crippen molar-refractivity contribution in [2.45, 2.75) is 13.0 Å². The molecule has 1 N–H and O–H groups in total. The molecule has 0 amide bonds. The Kier molecular flexibility index (Phi) is 3.96. The molecule has 0 atom stereocenters. The molecule has 2 aromatic rings. The molecule has 0 bridgehead atoms. The van der Waals surface area contributed by atoms with Crippen molar-refractivity contribution in [3.05, 3.63) is 40.5 Å². The van der Waals surface area contributed by atoms with Crippen LogP contribution in [0.4, 0.5) is 15.8 Å². The van der Waals surface area contributed by atoms with Crippen molar-refractivity contribution < 1.29 is 9.31 Å². The van der Waals surface area contributed by atoms with Crippen molar-refractivity contribution >= 4 is 11.4 Å². The predicted molar refractivity (Wildman–Crippen MR) is 64.0 cm³/mol. The van der Waals surface area contributed by atoms with Crippen LogP contribution in [0.2, 0.25) is 0 Å². The van der Waals surface area contributed by atoms with Crippen LogP contribution in [0.25, 0.3) is 0 Å². The highest BCUT2D eigenvalue weighted by molar-refractivity contribution is 5.49. The van der Waals surface area contributed by atoms with Crippen molar-refractivity contribution in [3.63, 3.8) is 0 Å². The van der Waals surface area contributed by atoms with E-state index in [2.05, 4.69) is 20.8 Å². The second-order valence-corrected chi connectivity index (χ2v) is 3.77. The van der Waals surface area contributed by atoms with E-state index in [4.69, 9.17) is 0 Å². The summed E-state index contributed by atoms with van der Waals surface area (Å²) < 4.78 is 15.1. The number of tetrazole rings is 1. The Morgan fingerprint density at radius 2 is 2.32 bits per heavy atom. The van der Waals surface area contributed by atoms with E-state index in [1.165, 1.54) is 18.5 Å². The van der Waals surface area contributed by atoms with Gasteiger partial charge in [0.05, 0.1) is 16.7 Å². The molecule has 1 aromatic heterocycles. The third kappa shape index (κ3) is 3.44. The minimum Gasteiger partial charge on any atom is -0.383 e. The van der Waals surface area contributed by atoms with Gasteiger partial charge in [0.15, 0.2) is 5.82 Å². The number of nitrogens with zero attached hydrogens (tertiary/aromatic N) is 5. The monoisotopic (exact) mass is 266 g/mol. The van der Waals surface area contributed by atoms with E-state index in [0.29, 0.717) is 19.5 Å². The van der Waals surface area contributed by atoms with Gasteiger partial charge in [0.1, 0.15) is 6.33 Å². The Bertz CT molecular complexity index is 559. The molecule has 8 nitrogen and oxygen atoms in total. The van der Waals surface area contributed by atoms with Gasteiger partial charge in [-0.15, -0.1) is 5.10 Å². The Morgan fingerprint density at radius 1 is 1.47 bits per heavy atom. The largest absolute Gasteiger partial charge is 0.383 e. The van der Waals surface area contributed by atoms with Gasteiger partial charge in [0.25, 0.3) is 5.69 Å². The number of nitro groups is 1. The van der Waals surface area contributed by atoms with Gasteiger partial charge in [0, 0.05) is 19.2 Å². The molecule has 19 heavy (non-hydrogen) atoms. The van der Waals surface area contributed by atoms with Gasteiger partial charge in [-0.25, -0.2) is 9.07 Å². The Morgan fingerprint density at radius 3 is 2.95 bits per heavy atom. The highest BCUT2D eigenvalue weighted by Gasteiger charge is 2.09. The number of aryl methyl sites for hydroxylation is 1. The number of hydrogen-bond acceptors (Lipinski definition) is 6. The fourth-order valence-corrected chi connectivity index (χ4v) is 1.51. The highest BCUT2D eigenvalue weighted by atomic mass is 19.1. The normalized spacial score (nSPS) is 10.4. The molecule has 9 heteroatoms. The lowest BCUT2D eigenvalue weighted by Crippen LogP contribution is -2.08. The summed E-state index contributed by atoms with van der Waals surface area (Å²) in [5, 5.41) is 24.0. The third-order valence-electron chi connectivity index (χ3n) is 2.43. The van der Waals surface area contributed by atoms with Crippen LogP contribution in [-0.2, 0) is 6.54 Å². The Labute approximate surface area is 107 Å². The van der Waals surface area contributed by atoms with E-state index in [-0.39, 0.29) is 11.4 Å². The SMILES string of the molecule is O=[N+]([O-])c1ccc(NCCCn2cnnn2)c(F)c1. The highest BCUT2D eigenvalue weighted by Crippen LogP contribution is 2.20. The summed E-state index contributed by atoms with van der Waals surface area (Å²) in [6.45, 7) is 1.11. The number of aromatic nitrogens is 4. The van der Waals surface area contributed by atoms with Gasteiger partial charge in [-0.1, -0.05) is 0 Å². The van der Waals surface area contributed by atoms with Crippen LogP contribution >= 0.6 is 0 Å². The summed E-state index contributed by atoms with van der Waals surface area (Å²) in [4.78, 5) is 9.82. The average molecular weight is 266 g/mol. The predicted octanol–water partition coefficient (Wildman–Crippen LogP) is 1.22. The second-order valence-electron chi connectivity index (χ2n) is 3.77. The molecule has 1 aromatic carbocycles. The summed E-state index contributed by atoms with van der Waals surface area (Å²) in [7, 11) is 0. The number of benzene rings is 1. The fraction of sp³-hybridized carbons (Fsp3) is 0.300. The van der Waals surface area contributed by atoms with Crippen LogP contribution in [-0.4, -0.2) is 31.7 Å². The molecule has 0 spiro atoms. The van der Waals surface area contributed by atoms with Crippen molar-refractivity contribution in [1.29, 1.82) is 0 Å². The molecule has 0 radical (unpaired) electrons. The van der Waals surface area contributed by atoms with Crippen molar-refractivity contribution in [2.75, 3.05) is 11.9 Å². The van der Waals surface area contributed by atoms with E-state index in [0.717, 1.165) is 6.07 Å². The molecule has 0 unspecified atom stereocenters. The van der Waals surface area contributed by atoms with E-state index in [9.17, 15) is 14.5 Å². The summed E-state index contributed by atoms with van der Waals surface area (Å²) in [5.41, 5.74) is -0.0287. The molecule has 100 valence electrons. The zero-order chi connectivity index (χ0) is 13.7. The summed E-state index contributed by atoms with van der Waals surface area (Å²) in [6.07, 6.45) is 2.19. The molecule has 0 aliphatic carbocycles. The van der Waals surface area contributed by atoms with Gasteiger partial charge >= 0.3 is 0 Å².